The van der Waals surface area contributed by atoms with Crippen molar-refractivity contribution in [2.75, 3.05) is 7.11 Å². The van der Waals surface area contributed by atoms with Gasteiger partial charge in [-0.1, -0.05) is 97.9 Å². The number of pyridine rings is 2. The van der Waals surface area contributed by atoms with E-state index in [9.17, 15) is 16.8 Å². The smallest absolute Gasteiger partial charge is 0.269 e. The molecular weight excluding hydrogens is 917 g/mol. The minimum Gasteiger partial charge on any atom is -0.400 e. The Morgan fingerprint density at radius 2 is 1.01 bits per heavy atom. The van der Waals surface area contributed by atoms with Crippen LogP contribution in [0.25, 0.3) is 49.9 Å². The van der Waals surface area contributed by atoms with Gasteiger partial charge in [-0.3, -0.25) is 9.36 Å². The number of benzene rings is 2. The second kappa shape index (κ2) is 18.5. The van der Waals surface area contributed by atoms with E-state index < -0.39 is 20.0 Å². The summed E-state index contributed by atoms with van der Waals surface area (Å²) in [5.41, 5.74) is 8.43. The monoisotopic (exact) mass is 982 g/mol. The number of nitrogens with zero attached hydrogens (tertiary/aromatic N) is 8. The van der Waals surface area contributed by atoms with Crippen molar-refractivity contribution in [3.05, 3.63) is 140 Å². The first kappa shape index (κ1) is 50.2. The van der Waals surface area contributed by atoms with Gasteiger partial charge in [0, 0.05) is 91.4 Å². The Kier molecular flexibility index (Phi) is 13.3. The number of allylic oxidation sites excluding steroid dienone is 2. The zero-order valence-electron chi connectivity index (χ0n) is 42.2. The SMILES string of the molecule is CO.Cn1cc(-c2cn(S(=O)(=O)c3ccccc3)c3ncc(C4=CC(C)(C)CC(C)(C)C4)cc23)cn1.Cn1cc(-c2cn(S(=O)(=O)c3ccccc3)c3ncc(C4CC(C)(C)CC(C)(C)C4)cc23)cn1. The molecule has 15 heteroatoms. The third kappa shape index (κ3) is 10.2. The van der Waals surface area contributed by atoms with Gasteiger partial charge in [0.1, 0.15) is 0 Å². The molecule has 1 fully saturated rings. The van der Waals surface area contributed by atoms with Crippen LogP contribution in [0.5, 0.6) is 0 Å². The second-order valence-electron chi connectivity index (χ2n) is 22.1. The lowest BCUT2D eigenvalue weighted by molar-refractivity contribution is 0.0968. The summed E-state index contributed by atoms with van der Waals surface area (Å²) in [4.78, 5) is 9.94. The van der Waals surface area contributed by atoms with Gasteiger partial charge in [0.05, 0.1) is 22.2 Å². The summed E-state index contributed by atoms with van der Waals surface area (Å²) in [6.45, 7) is 18.5. The van der Waals surface area contributed by atoms with Crippen molar-refractivity contribution < 1.29 is 21.9 Å². The average molecular weight is 983 g/mol. The third-order valence-electron chi connectivity index (χ3n) is 13.4. The van der Waals surface area contributed by atoms with E-state index in [1.165, 1.54) is 25.5 Å². The molecule has 8 aromatic rings. The van der Waals surface area contributed by atoms with Crippen LogP contribution in [0, 0.1) is 21.7 Å². The third-order valence-corrected chi connectivity index (χ3v) is 16.8. The van der Waals surface area contributed by atoms with Crippen LogP contribution in [-0.4, -0.2) is 66.5 Å². The molecule has 70 heavy (non-hydrogen) atoms. The van der Waals surface area contributed by atoms with E-state index in [0.29, 0.717) is 17.2 Å². The highest BCUT2D eigenvalue weighted by atomic mass is 32.2. The Labute approximate surface area is 413 Å². The highest BCUT2D eigenvalue weighted by Gasteiger charge is 2.40. The van der Waals surface area contributed by atoms with Crippen molar-refractivity contribution >= 4 is 47.7 Å². The average Bonchev–Trinajstić information content (AvgIpc) is 4.10. The van der Waals surface area contributed by atoms with Crippen molar-refractivity contribution in [1.82, 2.24) is 37.5 Å². The van der Waals surface area contributed by atoms with Crippen molar-refractivity contribution in [1.29, 1.82) is 0 Å². The van der Waals surface area contributed by atoms with Gasteiger partial charge in [-0.05, 0) is 113 Å². The molecule has 368 valence electrons. The summed E-state index contributed by atoms with van der Waals surface area (Å²) in [6, 6.07) is 21.2. The molecule has 0 bridgehead atoms. The predicted octanol–water partition coefficient (Wildman–Crippen LogP) is 11.5. The van der Waals surface area contributed by atoms with E-state index >= 15 is 0 Å². The van der Waals surface area contributed by atoms with Gasteiger partial charge in [0.25, 0.3) is 20.0 Å². The highest BCUT2D eigenvalue weighted by molar-refractivity contribution is 7.90. The minimum absolute atomic E-state index is 0.0841. The second-order valence-corrected chi connectivity index (χ2v) is 25.8. The molecule has 6 heterocycles. The van der Waals surface area contributed by atoms with E-state index in [0.717, 1.165) is 71.4 Å². The maximum atomic E-state index is 13.6. The molecule has 0 unspecified atom stereocenters. The maximum absolute atomic E-state index is 13.6. The van der Waals surface area contributed by atoms with Crippen molar-refractivity contribution in [2.24, 2.45) is 35.8 Å². The number of aliphatic hydroxyl groups excluding tert-OH is 1. The standard InChI is InChI=1S/C27H32N4O2S.C27H30N4O2S.CH4O/c2*1-26(2)12-20(13-27(3,4)18-26)19-11-23-24(21-15-29-30(5)16-21)17-31(25(23)28-14-19)34(32,33)22-9-7-6-8-10-22;1-2/h6-11,14-17,20H,12-13,18H2,1-5H3;6-12,14-17H,13,18H2,1-5H3;2H,1H3. The van der Waals surface area contributed by atoms with Crippen molar-refractivity contribution in [3.63, 3.8) is 0 Å². The normalized spacial score (nSPS) is 17.6. The van der Waals surface area contributed by atoms with E-state index in [4.69, 9.17) is 15.1 Å². The number of hydrogen-bond acceptors (Lipinski definition) is 9. The Balaban J connectivity index is 0.000000182. The number of aryl methyl sites for hydroxylation is 2. The lowest BCUT2D eigenvalue weighted by Crippen LogP contribution is -2.32. The zero-order chi connectivity index (χ0) is 50.6. The number of hydrogen-bond donors (Lipinski definition) is 1. The van der Waals surface area contributed by atoms with Crippen LogP contribution in [0.2, 0.25) is 0 Å². The molecular formula is C55H66N8O5S2. The van der Waals surface area contributed by atoms with Crippen LogP contribution >= 0.6 is 0 Å². The Morgan fingerprint density at radius 1 is 0.557 bits per heavy atom. The molecule has 6 aromatic heterocycles. The molecule has 0 atom stereocenters. The van der Waals surface area contributed by atoms with Crippen molar-refractivity contribution in [3.8, 4) is 22.3 Å². The largest absolute Gasteiger partial charge is 0.400 e. The fourth-order valence-electron chi connectivity index (χ4n) is 11.6. The van der Waals surface area contributed by atoms with E-state index in [2.05, 4.69) is 83.8 Å². The fourth-order valence-corrected chi connectivity index (χ4v) is 14.3. The van der Waals surface area contributed by atoms with Crippen LogP contribution in [0.15, 0.2) is 138 Å². The summed E-state index contributed by atoms with van der Waals surface area (Å²) in [6.07, 6.45) is 22.2. The van der Waals surface area contributed by atoms with Crippen LogP contribution in [0.3, 0.4) is 0 Å². The highest BCUT2D eigenvalue weighted by Crippen LogP contribution is 2.52. The molecule has 0 aliphatic heterocycles. The van der Waals surface area contributed by atoms with Gasteiger partial charge < -0.3 is 5.11 Å². The molecule has 2 aliphatic carbocycles. The number of fused-ring (bicyclic) bond motifs is 2. The van der Waals surface area contributed by atoms with Gasteiger partial charge in [0.15, 0.2) is 11.3 Å². The van der Waals surface area contributed by atoms with Crippen LogP contribution in [0.4, 0.5) is 0 Å². The van der Waals surface area contributed by atoms with Gasteiger partial charge >= 0.3 is 0 Å². The molecule has 0 amide bonds. The molecule has 2 aliphatic rings. The van der Waals surface area contributed by atoms with Gasteiger partial charge in [-0.15, -0.1) is 0 Å². The molecule has 0 spiro atoms. The predicted molar refractivity (Wildman–Crippen MR) is 279 cm³/mol. The molecule has 0 saturated heterocycles. The molecule has 2 aromatic carbocycles. The van der Waals surface area contributed by atoms with Crippen LogP contribution in [0.1, 0.15) is 105 Å². The maximum Gasteiger partial charge on any atom is 0.269 e. The lowest BCUT2D eigenvalue weighted by atomic mass is 9.60. The first-order chi connectivity index (χ1) is 32.9. The van der Waals surface area contributed by atoms with Gasteiger partial charge in [-0.25, -0.2) is 34.7 Å². The van der Waals surface area contributed by atoms with Gasteiger partial charge in [0.2, 0.25) is 0 Å². The Morgan fingerprint density at radius 3 is 1.46 bits per heavy atom. The quantitative estimate of drug-likeness (QED) is 0.156. The minimum atomic E-state index is -3.81. The van der Waals surface area contributed by atoms with Crippen LogP contribution in [-0.2, 0) is 34.1 Å². The number of aliphatic hydroxyl groups is 1. The summed E-state index contributed by atoms with van der Waals surface area (Å²) >= 11 is 0. The summed E-state index contributed by atoms with van der Waals surface area (Å²) in [7, 11) is -2.89. The molecule has 10 rings (SSSR count). The summed E-state index contributed by atoms with van der Waals surface area (Å²) in [5, 5.41) is 17.3. The lowest BCUT2D eigenvalue weighted by Gasteiger charge is -2.45. The number of rotatable bonds is 8. The van der Waals surface area contributed by atoms with E-state index in [1.807, 2.05) is 44.9 Å². The van der Waals surface area contributed by atoms with E-state index in [-0.39, 0.29) is 31.5 Å². The Hall–Kier alpha value is -6.16. The molecule has 1 N–H and O–H groups in total. The Bertz CT molecular complexity index is 3430. The van der Waals surface area contributed by atoms with Crippen molar-refractivity contribution in [2.45, 2.75) is 103 Å². The van der Waals surface area contributed by atoms with Gasteiger partial charge in [-0.2, -0.15) is 10.2 Å². The summed E-state index contributed by atoms with van der Waals surface area (Å²) in [5.74, 6) is 0.381. The molecule has 1 saturated carbocycles. The molecule has 13 nitrogen and oxygen atoms in total. The first-order valence-electron chi connectivity index (χ1n) is 23.7. The topological polar surface area (TPSA) is 160 Å². The zero-order valence-corrected chi connectivity index (χ0v) is 43.8. The van der Waals surface area contributed by atoms with Crippen LogP contribution < -0.4 is 0 Å². The summed E-state index contributed by atoms with van der Waals surface area (Å²) < 4.78 is 60.3. The van der Waals surface area contributed by atoms with E-state index in [1.54, 1.807) is 88.7 Å². The number of aromatic nitrogens is 8. The fraction of sp³-hybridized carbons (Fsp3) is 0.382. The first-order valence-corrected chi connectivity index (χ1v) is 26.6. The molecule has 0 radical (unpaired) electrons.